The third kappa shape index (κ3) is 3.39. The predicted octanol–water partition coefficient (Wildman–Crippen LogP) is 7.59. The molecule has 0 atom stereocenters. The Morgan fingerprint density at radius 2 is 1.51 bits per heavy atom. The molecule has 2 aromatic heterocycles. The lowest BCUT2D eigenvalue weighted by Crippen LogP contribution is -2.30. The summed E-state index contributed by atoms with van der Waals surface area (Å²) in [6.45, 7) is 2.12. The third-order valence-electron chi connectivity index (χ3n) is 6.72. The van der Waals surface area contributed by atoms with Crippen LogP contribution in [0.2, 0.25) is 0 Å². The van der Waals surface area contributed by atoms with Gasteiger partial charge in [-0.1, -0.05) is 72.8 Å². The van der Waals surface area contributed by atoms with Gasteiger partial charge < -0.3 is 4.42 Å². The van der Waals surface area contributed by atoms with Gasteiger partial charge in [0.25, 0.3) is 0 Å². The molecule has 3 nitrogen and oxygen atoms in total. The minimum Gasteiger partial charge on any atom is -0.454 e. The molecule has 0 N–H and O–H groups in total. The molecule has 0 spiro atoms. The number of pyridine rings is 1. The highest BCUT2D eigenvalue weighted by Gasteiger charge is 2.22. The van der Waals surface area contributed by atoms with Crippen LogP contribution in [-0.2, 0) is 7.05 Å². The first kappa shape index (κ1) is 20.9. The number of aromatic nitrogens is 1. The van der Waals surface area contributed by atoms with Gasteiger partial charge in [0.1, 0.15) is 18.2 Å². The Morgan fingerprint density at radius 3 is 2.31 bits per heavy atom. The molecule has 35 heavy (non-hydrogen) atoms. The number of aryl methyl sites for hydroxylation is 2. The Labute approximate surface area is 204 Å². The summed E-state index contributed by atoms with van der Waals surface area (Å²) in [6, 6.07) is 35.3. The van der Waals surface area contributed by atoms with E-state index in [1.807, 2.05) is 48.5 Å². The first-order chi connectivity index (χ1) is 17.2. The van der Waals surface area contributed by atoms with Crippen LogP contribution in [0.25, 0.3) is 55.4 Å². The zero-order valence-corrected chi connectivity index (χ0v) is 19.6. The minimum absolute atomic E-state index is 0.630. The van der Waals surface area contributed by atoms with Crippen LogP contribution >= 0.6 is 0 Å². The van der Waals surface area contributed by atoms with Gasteiger partial charge in [0.05, 0.1) is 17.2 Å². The average molecular weight is 452 g/mol. The highest BCUT2D eigenvalue weighted by Crippen LogP contribution is 2.41. The number of furan rings is 1. The molecule has 2 heterocycles. The molecule has 0 fully saturated rings. The van der Waals surface area contributed by atoms with E-state index in [-0.39, 0.29) is 0 Å². The summed E-state index contributed by atoms with van der Waals surface area (Å²) in [4.78, 5) is 0. The molecule has 0 aliphatic heterocycles. The summed E-state index contributed by atoms with van der Waals surface area (Å²) < 4.78 is 8.77. The van der Waals surface area contributed by atoms with Gasteiger partial charge in [-0.2, -0.15) is 5.26 Å². The van der Waals surface area contributed by atoms with Gasteiger partial charge in [-0.05, 0) is 35.7 Å². The summed E-state index contributed by atoms with van der Waals surface area (Å²) in [5.74, 6) is 0. The molecular weight excluding hydrogens is 428 g/mol. The van der Waals surface area contributed by atoms with Crippen molar-refractivity contribution in [3.63, 3.8) is 0 Å². The standard InChI is InChI=1S/C32H23N2O/c1-21-14-16-28-27-12-8-11-26(31(27)35-32(28)30(21)29-13-6-7-18-34(29)2)25-17-15-23(19-24(25)20-33)22-9-4-3-5-10-22/h3-19H,1-2H3/q+1. The van der Waals surface area contributed by atoms with Gasteiger partial charge >= 0.3 is 0 Å². The highest BCUT2D eigenvalue weighted by atomic mass is 16.3. The van der Waals surface area contributed by atoms with Crippen LogP contribution in [0.4, 0.5) is 0 Å². The first-order valence-corrected chi connectivity index (χ1v) is 11.7. The quantitative estimate of drug-likeness (QED) is 0.260. The average Bonchev–Trinajstić information content (AvgIpc) is 3.28. The molecule has 4 aromatic carbocycles. The molecule has 6 rings (SSSR count). The second-order valence-electron chi connectivity index (χ2n) is 8.85. The number of nitriles is 1. The molecular formula is C32H23N2O+. The largest absolute Gasteiger partial charge is 0.454 e. The monoisotopic (exact) mass is 451 g/mol. The van der Waals surface area contributed by atoms with E-state index in [2.05, 4.69) is 79.3 Å². The van der Waals surface area contributed by atoms with Crippen molar-refractivity contribution < 1.29 is 8.98 Å². The maximum absolute atomic E-state index is 10.0. The van der Waals surface area contributed by atoms with Crippen molar-refractivity contribution >= 4 is 21.9 Å². The lowest BCUT2D eigenvalue weighted by atomic mass is 9.94. The molecule has 0 amide bonds. The summed E-state index contributed by atoms with van der Waals surface area (Å²) in [7, 11) is 2.05. The number of rotatable bonds is 3. The summed E-state index contributed by atoms with van der Waals surface area (Å²) >= 11 is 0. The Hall–Kier alpha value is -4.68. The molecule has 0 bridgehead atoms. The smallest absolute Gasteiger partial charge is 0.216 e. The number of para-hydroxylation sites is 1. The Morgan fingerprint density at radius 1 is 0.714 bits per heavy atom. The number of benzene rings is 4. The SMILES string of the molecule is Cc1ccc2c(oc3c(-c4ccc(-c5ccccc5)cc4C#N)cccc32)c1-c1cccc[n+]1C. The van der Waals surface area contributed by atoms with Crippen molar-refractivity contribution in [2.45, 2.75) is 6.92 Å². The van der Waals surface area contributed by atoms with Gasteiger partial charge in [-0.25, -0.2) is 4.57 Å². The van der Waals surface area contributed by atoms with E-state index in [0.29, 0.717) is 5.56 Å². The Kier molecular flexibility index (Phi) is 4.94. The normalized spacial score (nSPS) is 11.1. The second kappa shape index (κ2) is 8.27. The summed E-state index contributed by atoms with van der Waals surface area (Å²) in [5.41, 5.74) is 9.57. The Bertz CT molecular complexity index is 1770. The van der Waals surface area contributed by atoms with E-state index in [1.165, 1.54) is 0 Å². The maximum atomic E-state index is 10.0. The van der Waals surface area contributed by atoms with Gasteiger partial charge in [-0.15, -0.1) is 0 Å². The van der Waals surface area contributed by atoms with Crippen molar-refractivity contribution in [2.24, 2.45) is 7.05 Å². The van der Waals surface area contributed by atoms with Gasteiger partial charge in [0.2, 0.25) is 5.69 Å². The van der Waals surface area contributed by atoms with Gasteiger partial charge in [-0.3, -0.25) is 0 Å². The highest BCUT2D eigenvalue weighted by molar-refractivity contribution is 6.13. The van der Waals surface area contributed by atoms with Crippen LogP contribution < -0.4 is 4.57 Å². The number of hydrogen-bond donors (Lipinski definition) is 0. The van der Waals surface area contributed by atoms with E-state index in [4.69, 9.17) is 4.42 Å². The fourth-order valence-corrected chi connectivity index (χ4v) is 4.96. The topological polar surface area (TPSA) is 40.8 Å². The molecule has 3 heteroatoms. The van der Waals surface area contributed by atoms with Crippen LogP contribution in [0, 0.1) is 18.3 Å². The fourth-order valence-electron chi connectivity index (χ4n) is 4.96. The fraction of sp³-hybridized carbons (Fsp3) is 0.0625. The van der Waals surface area contributed by atoms with Crippen molar-refractivity contribution in [1.82, 2.24) is 0 Å². The van der Waals surface area contributed by atoms with E-state index in [9.17, 15) is 5.26 Å². The molecule has 0 saturated carbocycles. The summed E-state index contributed by atoms with van der Waals surface area (Å²) in [5, 5.41) is 12.2. The van der Waals surface area contributed by atoms with Gasteiger partial charge in [0, 0.05) is 34.0 Å². The number of hydrogen-bond acceptors (Lipinski definition) is 2. The molecule has 6 aromatic rings. The van der Waals surface area contributed by atoms with E-state index < -0.39 is 0 Å². The van der Waals surface area contributed by atoms with Gasteiger partial charge in [0.15, 0.2) is 6.20 Å². The van der Waals surface area contributed by atoms with E-state index in [1.54, 1.807) is 0 Å². The molecule has 0 saturated heterocycles. The van der Waals surface area contributed by atoms with Crippen LogP contribution in [0.1, 0.15) is 11.1 Å². The lowest BCUT2D eigenvalue weighted by Gasteiger charge is -2.08. The number of nitrogens with zero attached hydrogens (tertiary/aromatic N) is 2. The van der Waals surface area contributed by atoms with Crippen molar-refractivity contribution in [1.29, 1.82) is 5.26 Å². The molecule has 0 unspecified atom stereocenters. The zero-order valence-electron chi connectivity index (χ0n) is 19.6. The summed E-state index contributed by atoms with van der Waals surface area (Å²) in [6.07, 6.45) is 2.05. The molecule has 166 valence electrons. The molecule has 0 aliphatic carbocycles. The third-order valence-corrected chi connectivity index (χ3v) is 6.72. The van der Waals surface area contributed by atoms with Crippen molar-refractivity contribution in [3.8, 4) is 39.6 Å². The van der Waals surface area contributed by atoms with Crippen molar-refractivity contribution in [2.75, 3.05) is 0 Å². The second-order valence-corrected chi connectivity index (χ2v) is 8.85. The minimum atomic E-state index is 0.630. The van der Waals surface area contributed by atoms with Crippen LogP contribution in [0.5, 0.6) is 0 Å². The van der Waals surface area contributed by atoms with Crippen LogP contribution in [0.15, 0.2) is 108 Å². The Balaban J connectivity index is 1.61. The maximum Gasteiger partial charge on any atom is 0.216 e. The van der Waals surface area contributed by atoms with Crippen LogP contribution in [-0.4, -0.2) is 0 Å². The van der Waals surface area contributed by atoms with Crippen molar-refractivity contribution in [3.05, 3.63) is 114 Å². The predicted molar refractivity (Wildman–Crippen MR) is 141 cm³/mol. The first-order valence-electron chi connectivity index (χ1n) is 11.7. The van der Waals surface area contributed by atoms with E-state index >= 15 is 0 Å². The molecule has 0 radical (unpaired) electrons. The zero-order chi connectivity index (χ0) is 23.9. The van der Waals surface area contributed by atoms with Crippen LogP contribution in [0.3, 0.4) is 0 Å². The van der Waals surface area contributed by atoms with E-state index in [0.717, 1.165) is 61.0 Å². The molecule has 0 aliphatic rings. The lowest BCUT2D eigenvalue weighted by molar-refractivity contribution is -0.660. The number of fused-ring (bicyclic) bond motifs is 3.